The smallest absolute Gasteiger partial charge is 0.138 e. The number of rotatable bonds is 4. The molecular formula is C9H13ClN2O2. The number of aliphatic hydroxyl groups excluding tert-OH is 1. The number of aromatic nitrogens is 1. The van der Waals surface area contributed by atoms with E-state index >= 15 is 0 Å². The molecule has 78 valence electrons. The Hall–Kier alpha value is -0.840. The van der Waals surface area contributed by atoms with Gasteiger partial charge in [0.05, 0.1) is 18.8 Å². The molecule has 0 aromatic carbocycles. The van der Waals surface area contributed by atoms with E-state index in [1.165, 1.54) is 13.3 Å². The number of halogens is 1. The van der Waals surface area contributed by atoms with Gasteiger partial charge in [0, 0.05) is 12.7 Å². The summed E-state index contributed by atoms with van der Waals surface area (Å²) < 4.78 is 5.08. The zero-order chi connectivity index (χ0) is 10.6. The Balaban J connectivity index is 3.03. The van der Waals surface area contributed by atoms with Crippen LogP contribution in [0.5, 0.6) is 5.75 Å². The van der Waals surface area contributed by atoms with Crippen LogP contribution in [0.3, 0.4) is 0 Å². The van der Waals surface area contributed by atoms with Crippen molar-refractivity contribution < 1.29 is 9.84 Å². The third-order valence-corrected chi connectivity index (χ3v) is 2.15. The van der Waals surface area contributed by atoms with E-state index in [0.29, 0.717) is 17.9 Å². The molecule has 0 radical (unpaired) electrons. The van der Waals surface area contributed by atoms with Gasteiger partial charge in [-0.3, -0.25) is 0 Å². The van der Waals surface area contributed by atoms with Crippen LogP contribution in [-0.4, -0.2) is 30.8 Å². The quantitative estimate of drug-likeness (QED) is 0.738. The van der Waals surface area contributed by atoms with E-state index in [1.54, 1.807) is 13.1 Å². The van der Waals surface area contributed by atoms with Gasteiger partial charge in [0.2, 0.25) is 0 Å². The molecule has 0 aliphatic rings. The summed E-state index contributed by atoms with van der Waals surface area (Å²) in [5, 5.41) is 12.9. The fourth-order valence-corrected chi connectivity index (χ4v) is 1.48. The van der Waals surface area contributed by atoms with Gasteiger partial charge in [-0.2, -0.15) is 0 Å². The number of aliphatic hydroxyl groups is 1. The van der Waals surface area contributed by atoms with E-state index in [2.05, 4.69) is 10.3 Å². The van der Waals surface area contributed by atoms with E-state index in [0.717, 1.165) is 0 Å². The molecule has 0 spiro atoms. The first kappa shape index (κ1) is 11.2. The SMILES string of the molecule is CNCC(O)c1c(OC)ccnc1Cl. The van der Waals surface area contributed by atoms with Crippen LogP contribution >= 0.6 is 11.6 Å². The second-order valence-corrected chi connectivity index (χ2v) is 3.15. The van der Waals surface area contributed by atoms with Crippen LogP contribution in [0.2, 0.25) is 5.15 Å². The summed E-state index contributed by atoms with van der Waals surface area (Å²) in [7, 11) is 3.28. The minimum absolute atomic E-state index is 0.270. The lowest BCUT2D eigenvalue weighted by Crippen LogP contribution is -2.17. The highest BCUT2D eigenvalue weighted by atomic mass is 35.5. The van der Waals surface area contributed by atoms with Crippen LogP contribution in [0, 0.1) is 0 Å². The van der Waals surface area contributed by atoms with Crippen molar-refractivity contribution >= 4 is 11.6 Å². The summed E-state index contributed by atoms with van der Waals surface area (Å²) in [4.78, 5) is 3.89. The van der Waals surface area contributed by atoms with Gasteiger partial charge in [-0.1, -0.05) is 11.6 Å². The highest BCUT2D eigenvalue weighted by Crippen LogP contribution is 2.29. The summed E-state index contributed by atoms with van der Waals surface area (Å²) in [5.74, 6) is 0.549. The number of hydrogen-bond acceptors (Lipinski definition) is 4. The number of nitrogens with one attached hydrogen (secondary N) is 1. The normalized spacial score (nSPS) is 12.6. The third kappa shape index (κ3) is 2.35. The number of hydrogen-bond donors (Lipinski definition) is 2. The molecule has 1 unspecified atom stereocenters. The topological polar surface area (TPSA) is 54.4 Å². The van der Waals surface area contributed by atoms with Gasteiger partial charge < -0.3 is 15.2 Å². The summed E-state index contributed by atoms with van der Waals surface area (Å²) >= 11 is 5.86. The minimum Gasteiger partial charge on any atom is -0.496 e. The van der Waals surface area contributed by atoms with Crippen LogP contribution in [0.15, 0.2) is 12.3 Å². The molecule has 0 fully saturated rings. The van der Waals surface area contributed by atoms with E-state index in [-0.39, 0.29) is 5.15 Å². The summed E-state index contributed by atoms with van der Waals surface area (Å²) in [5.41, 5.74) is 0.519. The Labute approximate surface area is 87.9 Å². The zero-order valence-corrected chi connectivity index (χ0v) is 8.88. The summed E-state index contributed by atoms with van der Waals surface area (Å²) in [6, 6.07) is 1.67. The molecule has 14 heavy (non-hydrogen) atoms. The van der Waals surface area contributed by atoms with Gasteiger partial charge >= 0.3 is 0 Å². The Morgan fingerprint density at radius 1 is 1.71 bits per heavy atom. The Morgan fingerprint density at radius 3 is 3.00 bits per heavy atom. The molecule has 1 atom stereocenters. The monoisotopic (exact) mass is 216 g/mol. The Morgan fingerprint density at radius 2 is 2.43 bits per heavy atom. The summed E-state index contributed by atoms with van der Waals surface area (Å²) in [6.45, 7) is 0.405. The molecular weight excluding hydrogens is 204 g/mol. The van der Waals surface area contributed by atoms with Crippen LogP contribution in [0.25, 0.3) is 0 Å². The van der Waals surface area contributed by atoms with Gasteiger partial charge in [0.15, 0.2) is 0 Å². The Bertz CT molecular complexity index is 307. The largest absolute Gasteiger partial charge is 0.496 e. The predicted molar refractivity (Wildman–Crippen MR) is 54.7 cm³/mol. The molecule has 0 aliphatic carbocycles. The molecule has 0 amide bonds. The molecule has 1 rings (SSSR count). The fourth-order valence-electron chi connectivity index (χ4n) is 1.21. The van der Waals surface area contributed by atoms with E-state index in [9.17, 15) is 5.11 Å². The van der Waals surface area contributed by atoms with Crippen molar-refractivity contribution in [3.8, 4) is 5.75 Å². The van der Waals surface area contributed by atoms with Gasteiger partial charge in [-0.05, 0) is 13.1 Å². The van der Waals surface area contributed by atoms with Crippen molar-refractivity contribution in [2.45, 2.75) is 6.10 Å². The first-order valence-electron chi connectivity index (χ1n) is 4.21. The molecule has 0 bridgehead atoms. The highest BCUT2D eigenvalue weighted by Gasteiger charge is 2.16. The molecule has 1 heterocycles. The standard InChI is InChI=1S/C9H13ClN2O2/c1-11-5-6(13)8-7(14-2)3-4-12-9(8)10/h3-4,6,11,13H,5H2,1-2H3. The third-order valence-electron chi connectivity index (χ3n) is 1.85. The predicted octanol–water partition coefficient (Wildman–Crippen LogP) is 0.996. The van der Waals surface area contributed by atoms with Gasteiger partial charge in [0.1, 0.15) is 10.9 Å². The van der Waals surface area contributed by atoms with Crippen molar-refractivity contribution in [1.29, 1.82) is 0 Å². The highest BCUT2D eigenvalue weighted by molar-refractivity contribution is 6.30. The number of likely N-dealkylation sites (N-methyl/N-ethyl adjacent to an activating group) is 1. The molecule has 0 aliphatic heterocycles. The van der Waals surface area contributed by atoms with Crippen molar-refractivity contribution in [2.75, 3.05) is 20.7 Å². The first-order valence-corrected chi connectivity index (χ1v) is 4.59. The van der Waals surface area contributed by atoms with Crippen LogP contribution < -0.4 is 10.1 Å². The minimum atomic E-state index is -0.712. The second-order valence-electron chi connectivity index (χ2n) is 2.79. The number of pyridine rings is 1. The molecule has 2 N–H and O–H groups in total. The number of ether oxygens (including phenoxy) is 1. The molecule has 1 aromatic heterocycles. The Kier molecular flexibility index (Phi) is 4.13. The average Bonchev–Trinajstić information content (AvgIpc) is 2.17. The molecule has 1 aromatic rings. The van der Waals surface area contributed by atoms with Crippen LogP contribution in [0.1, 0.15) is 11.7 Å². The molecule has 0 saturated heterocycles. The lowest BCUT2D eigenvalue weighted by Gasteiger charge is -2.14. The maximum atomic E-state index is 9.75. The maximum absolute atomic E-state index is 9.75. The molecule has 5 heteroatoms. The van der Waals surface area contributed by atoms with Crippen molar-refractivity contribution in [3.05, 3.63) is 23.0 Å². The summed E-state index contributed by atoms with van der Waals surface area (Å²) in [6.07, 6.45) is 0.827. The lowest BCUT2D eigenvalue weighted by molar-refractivity contribution is 0.173. The average molecular weight is 217 g/mol. The van der Waals surface area contributed by atoms with Gasteiger partial charge in [-0.15, -0.1) is 0 Å². The molecule has 0 saturated carbocycles. The first-order chi connectivity index (χ1) is 6.70. The second kappa shape index (κ2) is 5.14. The molecule has 4 nitrogen and oxygen atoms in total. The van der Waals surface area contributed by atoms with E-state index in [4.69, 9.17) is 16.3 Å². The van der Waals surface area contributed by atoms with E-state index < -0.39 is 6.10 Å². The lowest BCUT2D eigenvalue weighted by atomic mass is 10.1. The maximum Gasteiger partial charge on any atom is 0.138 e. The van der Waals surface area contributed by atoms with E-state index in [1.807, 2.05) is 0 Å². The fraction of sp³-hybridized carbons (Fsp3) is 0.444. The number of nitrogens with zero attached hydrogens (tertiary/aromatic N) is 1. The van der Waals surface area contributed by atoms with Crippen LogP contribution in [0.4, 0.5) is 0 Å². The van der Waals surface area contributed by atoms with Crippen molar-refractivity contribution in [2.24, 2.45) is 0 Å². The zero-order valence-electron chi connectivity index (χ0n) is 8.12. The van der Waals surface area contributed by atoms with Crippen molar-refractivity contribution in [3.63, 3.8) is 0 Å². The van der Waals surface area contributed by atoms with Crippen LogP contribution in [-0.2, 0) is 0 Å². The number of methoxy groups -OCH3 is 1. The van der Waals surface area contributed by atoms with Gasteiger partial charge in [0.25, 0.3) is 0 Å². The van der Waals surface area contributed by atoms with Crippen molar-refractivity contribution in [1.82, 2.24) is 10.3 Å². The van der Waals surface area contributed by atoms with Gasteiger partial charge in [-0.25, -0.2) is 4.98 Å².